The highest BCUT2D eigenvalue weighted by Gasteiger charge is 2.34. The molecule has 0 spiro atoms. The number of aromatic nitrogens is 4. The molecule has 2 bridgehead atoms. The number of aryl methyl sites for hydroxylation is 1. The molecule has 3 aromatic heterocycles. The molecule has 4 aromatic rings. The number of halogens is 2. The Morgan fingerprint density at radius 2 is 2.02 bits per heavy atom. The molecule has 5 heterocycles. The molecule has 0 aliphatic carbocycles. The summed E-state index contributed by atoms with van der Waals surface area (Å²) < 4.78 is 23.0. The highest BCUT2D eigenvalue weighted by Crippen LogP contribution is 2.40. The van der Waals surface area contributed by atoms with Crippen molar-refractivity contribution in [2.45, 2.75) is 52.1 Å². The van der Waals surface area contributed by atoms with Gasteiger partial charge in [-0.3, -0.25) is 9.78 Å². The topological polar surface area (TPSA) is 93.5 Å². The molecule has 1 fully saturated rings. The second kappa shape index (κ2) is 11.4. The Morgan fingerprint density at radius 1 is 1.21 bits per heavy atom. The zero-order valence-corrected chi connectivity index (χ0v) is 25.1. The van der Waals surface area contributed by atoms with Crippen molar-refractivity contribution in [2.24, 2.45) is 0 Å². The molecule has 11 heteroatoms. The number of nitrogens with zero attached hydrogens (tertiary/aromatic N) is 6. The standard InChI is InChI=1S/C32H32ClFN6O3/c1-5-8-24-29-20(11-13-35-24)12-14-43-25-10-7-9-23(34)27(25)28-22(33)15-21-30(37-32(42)40(29)31(21)36-28)39-17-18(3)38(16-19(39)4)26(41)6-2/h6-7,9-11,13,15,18-19H,2,5,8,12,14,16-17H2,1,3-4H3/t18-,19+/m1/s1. The maximum Gasteiger partial charge on any atom is 0.355 e. The second-order valence-electron chi connectivity index (χ2n) is 11.0. The Balaban J connectivity index is 1.67. The fourth-order valence-corrected chi connectivity index (χ4v) is 6.36. The molecule has 222 valence electrons. The first-order chi connectivity index (χ1) is 20.7. The van der Waals surface area contributed by atoms with Crippen LogP contribution in [0.4, 0.5) is 10.2 Å². The maximum absolute atomic E-state index is 15.4. The minimum absolute atomic E-state index is 0.128. The van der Waals surface area contributed by atoms with Gasteiger partial charge in [0.1, 0.15) is 17.4 Å². The zero-order chi connectivity index (χ0) is 30.4. The van der Waals surface area contributed by atoms with E-state index < -0.39 is 11.5 Å². The Kier molecular flexibility index (Phi) is 7.64. The van der Waals surface area contributed by atoms with Crippen LogP contribution < -0.4 is 15.3 Å². The monoisotopic (exact) mass is 602 g/mol. The average molecular weight is 603 g/mol. The summed E-state index contributed by atoms with van der Waals surface area (Å²) in [5.74, 6) is 0.0332. The van der Waals surface area contributed by atoms with Gasteiger partial charge in [0.2, 0.25) is 5.91 Å². The molecule has 9 nitrogen and oxygen atoms in total. The molecule has 2 atom stereocenters. The number of rotatable bonds is 4. The third-order valence-corrected chi connectivity index (χ3v) is 8.44. The van der Waals surface area contributed by atoms with Crippen LogP contribution in [-0.2, 0) is 17.6 Å². The number of pyridine rings is 2. The normalized spacial score (nSPS) is 18.1. The van der Waals surface area contributed by atoms with Crippen LogP contribution in [0.3, 0.4) is 0 Å². The number of hydrogen-bond acceptors (Lipinski definition) is 7. The third-order valence-electron chi connectivity index (χ3n) is 8.15. The van der Waals surface area contributed by atoms with Crippen LogP contribution in [0, 0.1) is 5.82 Å². The molecule has 0 saturated carbocycles. The highest BCUT2D eigenvalue weighted by molar-refractivity contribution is 6.34. The van der Waals surface area contributed by atoms with Crippen LogP contribution in [0.5, 0.6) is 5.75 Å². The molecule has 2 aliphatic heterocycles. The first-order valence-corrected chi connectivity index (χ1v) is 14.8. The lowest BCUT2D eigenvalue weighted by atomic mass is 10.1. The van der Waals surface area contributed by atoms with Crippen molar-refractivity contribution in [1.82, 2.24) is 24.4 Å². The van der Waals surface area contributed by atoms with Crippen molar-refractivity contribution in [3.8, 4) is 22.7 Å². The lowest BCUT2D eigenvalue weighted by molar-refractivity contribution is -0.128. The number of benzene rings is 1. The van der Waals surface area contributed by atoms with Gasteiger partial charge in [-0.25, -0.2) is 18.7 Å². The number of hydrogen-bond donors (Lipinski definition) is 0. The van der Waals surface area contributed by atoms with Crippen molar-refractivity contribution in [1.29, 1.82) is 0 Å². The molecule has 2 aliphatic rings. The van der Waals surface area contributed by atoms with Gasteiger partial charge in [-0.1, -0.05) is 37.6 Å². The lowest BCUT2D eigenvalue weighted by Gasteiger charge is -2.44. The van der Waals surface area contributed by atoms with Crippen LogP contribution in [0.1, 0.15) is 38.4 Å². The predicted octanol–water partition coefficient (Wildman–Crippen LogP) is 5.13. The van der Waals surface area contributed by atoms with Gasteiger partial charge in [-0.05, 0) is 56.2 Å². The van der Waals surface area contributed by atoms with Gasteiger partial charge in [-0.2, -0.15) is 4.98 Å². The van der Waals surface area contributed by atoms with Gasteiger partial charge in [0.05, 0.1) is 39.7 Å². The molecule has 1 amide bonds. The van der Waals surface area contributed by atoms with Gasteiger partial charge < -0.3 is 14.5 Å². The number of ether oxygens (including phenoxy) is 1. The molecule has 0 N–H and O–H groups in total. The van der Waals surface area contributed by atoms with Crippen molar-refractivity contribution < 1.29 is 13.9 Å². The summed E-state index contributed by atoms with van der Waals surface area (Å²) in [4.78, 5) is 44.6. The van der Waals surface area contributed by atoms with E-state index in [0.717, 1.165) is 17.7 Å². The molecule has 1 saturated heterocycles. The van der Waals surface area contributed by atoms with Gasteiger partial charge in [0.15, 0.2) is 5.65 Å². The number of amides is 1. The summed E-state index contributed by atoms with van der Waals surface area (Å²) in [5.41, 5.74) is 2.24. The summed E-state index contributed by atoms with van der Waals surface area (Å²) in [6, 6.07) is 7.81. The van der Waals surface area contributed by atoms with Crippen molar-refractivity contribution in [3.05, 3.63) is 81.8 Å². The number of piperazine rings is 1. The van der Waals surface area contributed by atoms with Crippen molar-refractivity contribution >= 4 is 34.4 Å². The fourth-order valence-electron chi connectivity index (χ4n) is 6.11. The summed E-state index contributed by atoms with van der Waals surface area (Å²) in [6.45, 7) is 10.7. The molecule has 6 rings (SSSR count). The molecule has 43 heavy (non-hydrogen) atoms. The van der Waals surface area contributed by atoms with E-state index >= 15 is 4.39 Å². The van der Waals surface area contributed by atoms with Crippen LogP contribution in [0.25, 0.3) is 28.0 Å². The predicted molar refractivity (Wildman–Crippen MR) is 165 cm³/mol. The van der Waals surface area contributed by atoms with E-state index in [1.807, 2.05) is 31.7 Å². The molecule has 0 unspecified atom stereocenters. The first kappa shape index (κ1) is 28.8. The van der Waals surface area contributed by atoms with Gasteiger partial charge >= 0.3 is 5.69 Å². The molecule has 1 aromatic carbocycles. The third kappa shape index (κ3) is 4.93. The lowest BCUT2D eigenvalue weighted by Crippen LogP contribution is -2.58. The van der Waals surface area contributed by atoms with Crippen molar-refractivity contribution in [2.75, 3.05) is 24.6 Å². The van der Waals surface area contributed by atoms with Gasteiger partial charge in [0, 0.05) is 37.8 Å². The van der Waals surface area contributed by atoms with E-state index in [0.29, 0.717) is 54.2 Å². The van der Waals surface area contributed by atoms with E-state index in [1.165, 1.54) is 16.7 Å². The average Bonchev–Trinajstić information content (AvgIpc) is 3.01. The Bertz CT molecular complexity index is 1830. The highest BCUT2D eigenvalue weighted by atomic mass is 35.5. The minimum Gasteiger partial charge on any atom is -0.492 e. The van der Waals surface area contributed by atoms with Crippen LogP contribution in [-0.4, -0.2) is 62.1 Å². The number of carbonyl (C=O) groups is 1. The van der Waals surface area contributed by atoms with Gasteiger partial charge in [-0.15, -0.1) is 0 Å². The quantitative estimate of drug-likeness (QED) is 0.299. The number of carbonyl (C=O) groups excluding carboxylic acids is 1. The smallest absolute Gasteiger partial charge is 0.355 e. The van der Waals surface area contributed by atoms with Crippen LogP contribution in [0.15, 0.2) is 54.0 Å². The Morgan fingerprint density at radius 3 is 2.79 bits per heavy atom. The van der Waals surface area contributed by atoms with Crippen molar-refractivity contribution in [3.63, 3.8) is 0 Å². The van der Waals surface area contributed by atoms with Crippen LogP contribution in [0.2, 0.25) is 5.02 Å². The van der Waals surface area contributed by atoms with E-state index in [4.69, 9.17) is 21.3 Å². The first-order valence-electron chi connectivity index (χ1n) is 14.4. The Labute approximate surface area is 253 Å². The van der Waals surface area contributed by atoms with E-state index in [9.17, 15) is 9.59 Å². The summed E-state index contributed by atoms with van der Waals surface area (Å²) >= 11 is 6.88. The SMILES string of the molecule is C=CC(=O)N1C[C@H](C)N(c2nc(=O)n3c4nc(c(Cl)cc24)-c2c(F)cccc2OCCc2ccnc(CCC)c2-3)C[C@H]1C. The summed E-state index contributed by atoms with van der Waals surface area (Å²) in [6.07, 6.45) is 4.92. The van der Waals surface area contributed by atoms with Gasteiger partial charge in [0.25, 0.3) is 0 Å². The zero-order valence-electron chi connectivity index (χ0n) is 24.3. The Hall–Kier alpha value is -4.31. The van der Waals surface area contributed by atoms with E-state index in [1.54, 1.807) is 29.3 Å². The summed E-state index contributed by atoms with van der Waals surface area (Å²) in [7, 11) is 0. The fraction of sp³-hybridized carbons (Fsp3) is 0.344. The molecular formula is C32H32ClFN6O3. The number of anilines is 1. The minimum atomic E-state index is -0.537. The summed E-state index contributed by atoms with van der Waals surface area (Å²) in [5, 5.41) is 0.725. The van der Waals surface area contributed by atoms with Crippen LogP contribution >= 0.6 is 11.6 Å². The van der Waals surface area contributed by atoms with E-state index in [-0.39, 0.29) is 40.9 Å². The van der Waals surface area contributed by atoms with E-state index in [2.05, 4.69) is 16.5 Å². The maximum atomic E-state index is 15.4. The largest absolute Gasteiger partial charge is 0.492 e. The second-order valence-corrected chi connectivity index (χ2v) is 11.4. The molecule has 0 radical (unpaired) electrons. The number of fused-ring (bicyclic) bond motifs is 5. The molecular weight excluding hydrogens is 571 g/mol.